The molecule has 0 unspecified atom stereocenters. The average Bonchev–Trinajstić information content (AvgIpc) is 2.77. The quantitative estimate of drug-likeness (QED) is 0.168. The number of rotatable bonds is 23. The third-order valence-electron chi connectivity index (χ3n) is 6.18. The summed E-state index contributed by atoms with van der Waals surface area (Å²) in [6.07, 6.45) is 23.9. The smallest absolute Gasteiger partial charge is 0.229 e. The van der Waals surface area contributed by atoms with E-state index in [-0.39, 0.29) is 11.8 Å². The van der Waals surface area contributed by atoms with Gasteiger partial charge in [0.2, 0.25) is 11.8 Å². The normalized spacial score (nSPS) is 11.1. The number of nitrogens with zero attached hydrogens (tertiary/aromatic N) is 1. The Hall–Kier alpha value is -0.900. The van der Waals surface area contributed by atoms with Gasteiger partial charge in [-0.2, -0.15) is 0 Å². The zero-order valence-electron chi connectivity index (χ0n) is 21.1. The molecule has 0 saturated carbocycles. The van der Waals surface area contributed by atoms with Crippen molar-refractivity contribution in [2.24, 2.45) is 5.73 Å². The minimum atomic E-state index is 0.0114. The van der Waals surface area contributed by atoms with E-state index >= 15 is 0 Å². The second kappa shape index (κ2) is 23.8. The molecule has 184 valence electrons. The molecule has 0 fully saturated rings. The summed E-state index contributed by atoms with van der Waals surface area (Å²) < 4.78 is 0. The summed E-state index contributed by atoms with van der Waals surface area (Å²) in [6.45, 7) is 5.50. The standard InChI is InChI=1S/C27H54N2O2/c1-3-5-7-9-11-13-15-17-19-22-26(30)29(25-21-24-28)27(31)23-20-18-16-14-12-10-8-6-4-2/h3-25,28H2,1-2H3. The van der Waals surface area contributed by atoms with Crippen LogP contribution in [0.3, 0.4) is 0 Å². The van der Waals surface area contributed by atoms with Crippen LogP contribution in [-0.4, -0.2) is 29.8 Å². The third kappa shape index (κ3) is 19.5. The fraction of sp³-hybridized carbons (Fsp3) is 0.926. The number of hydrogen-bond donors (Lipinski definition) is 1. The highest BCUT2D eigenvalue weighted by Crippen LogP contribution is 2.14. The van der Waals surface area contributed by atoms with Crippen molar-refractivity contribution in [3.63, 3.8) is 0 Å². The summed E-state index contributed by atoms with van der Waals surface area (Å²) in [7, 11) is 0. The van der Waals surface area contributed by atoms with Crippen LogP contribution < -0.4 is 5.73 Å². The van der Waals surface area contributed by atoms with Gasteiger partial charge in [0.05, 0.1) is 0 Å². The Morgan fingerprint density at radius 2 is 0.839 bits per heavy atom. The molecule has 4 nitrogen and oxygen atoms in total. The van der Waals surface area contributed by atoms with E-state index in [0.717, 1.165) is 25.7 Å². The minimum absolute atomic E-state index is 0.0114. The molecule has 0 spiro atoms. The zero-order valence-corrected chi connectivity index (χ0v) is 21.1. The molecule has 2 N–H and O–H groups in total. The lowest BCUT2D eigenvalue weighted by Gasteiger charge is -2.21. The van der Waals surface area contributed by atoms with Crippen LogP contribution in [0.25, 0.3) is 0 Å². The largest absolute Gasteiger partial charge is 0.330 e. The first-order valence-electron chi connectivity index (χ1n) is 13.7. The Balaban J connectivity index is 3.94. The average molecular weight is 439 g/mol. The molecule has 0 radical (unpaired) electrons. The van der Waals surface area contributed by atoms with E-state index in [2.05, 4.69) is 13.8 Å². The van der Waals surface area contributed by atoms with E-state index in [9.17, 15) is 9.59 Å². The molecule has 0 aliphatic rings. The van der Waals surface area contributed by atoms with Crippen molar-refractivity contribution in [2.75, 3.05) is 13.1 Å². The first-order chi connectivity index (χ1) is 15.2. The number of carbonyl (C=O) groups excluding carboxylic acids is 2. The molecule has 0 heterocycles. The SMILES string of the molecule is CCCCCCCCCCCC(=O)N(CCCN)C(=O)CCCCCCCCCCC. The summed E-state index contributed by atoms with van der Waals surface area (Å²) in [5, 5.41) is 0. The molecule has 0 aliphatic carbocycles. The van der Waals surface area contributed by atoms with Crippen LogP contribution >= 0.6 is 0 Å². The highest BCUT2D eigenvalue weighted by molar-refractivity contribution is 5.95. The van der Waals surface area contributed by atoms with Gasteiger partial charge in [0.15, 0.2) is 0 Å². The van der Waals surface area contributed by atoms with Crippen LogP contribution in [0.2, 0.25) is 0 Å². The van der Waals surface area contributed by atoms with Crippen LogP contribution in [0.1, 0.15) is 149 Å². The predicted octanol–water partition coefficient (Wildman–Crippen LogP) is 7.53. The van der Waals surface area contributed by atoms with Crippen LogP contribution in [0, 0.1) is 0 Å². The van der Waals surface area contributed by atoms with Gasteiger partial charge in [-0.25, -0.2) is 0 Å². The Bertz CT molecular complexity index is 378. The topological polar surface area (TPSA) is 63.4 Å². The molecular formula is C27H54N2O2. The highest BCUT2D eigenvalue weighted by Gasteiger charge is 2.19. The van der Waals surface area contributed by atoms with Gasteiger partial charge >= 0.3 is 0 Å². The third-order valence-corrected chi connectivity index (χ3v) is 6.18. The van der Waals surface area contributed by atoms with E-state index in [1.807, 2.05) is 0 Å². The van der Waals surface area contributed by atoms with Gasteiger partial charge in [0.25, 0.3) is 0 Å². The van der Waals surface area contributed by atoms with E-state index < -0.39 is 0 Å². The maximum Gasteiger partial charge on any atom is 0.229 e. The Morgan fingerprint density at radius 3 is 1.16 bits per heavy atom. The fourth-order valence-corrected chi connectivity index (χ4v) is 4.08. The zero-order chi connectivity index (χ0) is 23.0. The molecule has 4 heteroatoms. The van der Waals surface area contributed by atoms with E-state index in [0.29, 0.717) is 32.4 Å². The number of unbranched alkanes of at least 4 members (excludes halogenated alkanes) is 16. The van der Waals surface area contributed by atoms with Gasteiger partial charge in [-0.3, -0.25) is 14.5 Å². The van der Waals surface area contributed by atoms with Crippen molar-refractivity contribution in [3.8, 4) is 0 Å². The van der Waals surface area contributed by atoms with E-state index in [1.54, 1.807) is 0 Å². The molecule has 2 amide bonds. The Morgan fingerprint density at radius 1 is 0.516 bits per heavy atom. The van der Waals surface area contributed by atoms with E-state index in [1.165, 1.54) is 94.8 Å². The summed E-state index contributed by atoms with van der Waals surface area (Å²) >= 11 is 0. The predicted molar refractivity (Wildman–Crippen MR) is 134 cm³/mol. The lowest BCUT2D eigenvalue weighted by atomic mass is 10.1. The summed E-state index contributed by atoms with van der Waals surface area (Å²) in [5.41, 5.74) is 5.62. The fourth-order valence-electron chi connectivity index (χ4n) is 4.08. The van der Waals surface area contributed by atoms with Gasteiger partial charge in [-0.1, -0.05) is 117 Å². The highest BCUT2D eigenvalue weighted by atomic mass is 16.2. The number of amides is 2. The number of imide groups is 1. The Labute approximate surface area is 194 Å². The van der Waals surface area contributed by atoms with Gasteiger partial charge in [-0.15, -0.1) is 0 Å². The number of carbonyl (C=O) groups is 2. The van der Waals surface area contributed by atoms with Crippen LogP contribution in [0.4, 0.5) is 0 Å². The summed E-state index contributed by atoms with van der Waals surface area (Å²) in [6, 6.07) is 0. The molecule has 0 atom stereocenters. The first-order valence-corrected chi connectivity index (χ1v) is 13.7. The van der Waals surface area contributed by atoms with Gasteiger partial charge < -0.3 is 5.73 Å². The molecule has 0 aliphatic heterocycles. The first kappa shape index (κ1) is 30.1. The Kier molecular flexibility index (Phi) is 23.1. The summed E-state index contributed by atoms with van der Waals surface area (Å²) in [4.78, 5) is 26.7. The van der Waals surface area contributed by atoms with Gasteiger partial charge in [0.1, 0.15) is 0 Å². The van der Waals surface area contributed by atoms with Gasteiger partial charge in [-0.05, 0) is 25.8 Å². The van der Waals surface area contributed by atoms with Crippen molar-refractivity contribution >= 4 is 11.8 Å². The van der Waals surface area contributed by atoms with Gasteiger partial charge in [0, 0.05) is 19.4 Å². The molecule has 0 rings (SSSR count). The van der Waals surface area contributed by atoms with Crippen molar-refractivity contribution < 1.29 is 9.59 Å². The second-order valence-corrected chi connectivity index (χ2v) is 9.24. The van der Waals surface area contributed by atoms with Crippen molar-refractivity contribution in [2.45, 2.75) is 149 Å². The molecule has 0 aromatic carbocycles. The molecule has 0 saturated heterocycles. The van der Waals surface area contributed by atoms with Crippen LogP contribution in [0.15, 0.2) is 0 Å². The van der Waals surface area contributed by atoms with Crippen molar-refractivity contribution in [1.82, 2.24) is 4.90 Å². The molecular weight excluding hydrogens is 384 g/mol. The lowest BCUT2D eigenvalue weighted by Crippen LogP contribution is -2.38. The maximum absolute atomic E-state index is 12.6. The molecule has 0 bridgehead atoms. The van der Waals surface area contributed by atoms with Crippen molar-refractivity contribution in [1.29, 1.82) is 0 Å². The van der Waals surface area contributed by atoms with Crippen LogP contribution in [0.5, 0.6) is 0 Å². The second-order valence-electron chi connectivity index (χ2n) is 9.24. The molecule has 31 heavy (non-hydrogen) atoms. The lowest BCUT2D eigenvalue weighted by molar-refractivity contribution is -0.145. The molecule has 0 aromatic rings. The number of nitrogens with two attached hydrogens (primary N) is 1. The monoisotopic (exact) mass is 438 g/mol. The maximum atomic E-state index is 12.6. The van der Waals surface area contributed by atoms with Crippen LogP contribution in [-0.2, 0) is 9.59 Å². The van der Waals surface area contributed by atoms with Crippen molar-refractivity contribution in [3.05, 3.63) is 0 Å². The van der Waals surface area contributed by atoms with E-state index in [4.69, 9.17) is 5.73 Å². The molecule has 0 aromatic heterocycles. The number of hydrogen-bond acceptors (Lipinski definition) is 3. The summed E-state index contributed by atoms with van der Waals surface area (Å²) in [5.74, 6) is 0.0228. The minimum Gasteiger partial charge on any atom is -0.330 e.